The molecular weight excluding hydrogens is 1070 g/mol. The SMILES string of the molecule is CC(C)(C)c1ccc(N2B3c4cc5c(cc4-n4c6ccc(C(C)(C)C)cc6c6c7c(c(c3c64)-c3cc4c(cc32)C(C)(C)c2cc(N(c3ccc(C(C)(C)C)cc3)c3ccc(C(C)(C)C)cc3)ccc2-4)-c2ccccc2C7(C)C)-c2ccccc2C5(C)C)cc1. The number of hydrogen-bond acceptors (Lipinski definition) is 2. The second kappa shape index (κ2) is 18.0. The van der Waals surface area contributed by atoms with Crippen LogP contribution in [0, 0.1) is 0 Å². The molecule has 0 fully saturated rings. The van der Waals surface area contributed by atoms with E-state index in [1.54, 1.807) is 0 Å². The third-order valence-electron chi connectivity index (χ3n) is 22.0. The van der Waals surface area contributed by atoms with Crippen LogP contribution in [0.5, 0.6) is 0 Å². The highest BCUT2D eigenvalue weighted by Gasteiger charge is 2.52. The maximum absolute atomic E-state index is 2.80. The number of anilines is 5. The summed E-state index contributed by atoms with van der Waals surface area (Å²) in [5.41, 5.74) is 36.2. The van der Waals surface area contributed by atoms with Crippen molar-refractivity contribution >= 4 is 68.0 Å². The molecule has 3 nitrogen and oxygen atoms in total. The molecule has 0 saturated heterocycles. The first-order valence-electron chi connectivity index (χ1n) is 32.8. The Morgan fingerprint density at radius 2 is 0.854 bits per heavy atom. The van der Waals surface area contributed by atoms with Crippen molar-refractivity contribution in [1.29, 1.82) is 0 Å². The van der Waals surface area contributed by atoms with Gasteiger partial charge < -0.3 is 14.3 Å². The summed E-state index contributed by atoms with van der Waals surface area (Å²) in [6.07, 6.45) is 0. The van der Waals surface area contributed by atoms with Crippen LogP contribution in [0.25, 0.3) is 72.0 Å². The molecule has 0 spiro atoms. The fraction of sp³-hybridized carbons (Fsp3) is 0.294. The summed E-state index contributed by atoms with van der Waals surface area (Å²) in [6, 6.07) is 72.4. The van der Waals surface area contributed by atoms with Crippen molar-refractivity contribution in [3.05, 3.63) is 238 Å². The van der Waals surface area contributed by atoms with E-state index in [0.29, 0.717) is 0 Å². The Bertz CT molecular complexity index is 4820. The lowest BCUT2D eigenvalue weighted by Crippen LogP contribution is -2.61. The summed E-state index contributed by atoms with van der Waals surface area (Å²) in [6.45, 7) is 42.7. The van der Waals surface area contributed by atoms with Gasteiger partial charge in [-0.15, -0.1) is 0 Å². The Hall–Kier alpha value is -8.34. The lowest BCUT2D eigenvalue weighted by Gasteiger charge is -2.44. The summed E-state index contributed by atoms with van der Waals surface area (Å²) < 4.78 is 2.74. The summed E-state index contributed by atoms with van der Waals surface area (Å²) in [4.78, 5) is 5.28. The van der Waals surface area contributed by atoms with Gasteiger partial charge in [0, 0.05) is 66.7 Å². The molecule has 16 rings (SSSR count). The molecule has 0 amide bonds. The minimum absolute atomic E-state index is 0.0138. The van der Waals surface area contributed by atoms with Gasteiger partial charge in [-0.3, -0.25) is 0 Å². The molecule has 3 heterocycles. The zero-order valence-corrected chi connectivity index (χ0v) is 55.7. The molecule has 0 atom stereocenters. The normalized spacial score (nSPS) is 16.0. The van der Waals surface area contributed by atoms with E-state index in [-0.39, 0.29) is 44.8 Å². The average molecular weight is 1160 g/mol. The van der Waals surface area contributed by atoms with Gasteiger partial charge in [-0.1, -0.05) is 228 Å². The highest BCUT2D eigenvalue weighted by molar-refractivity contribution is 6.94. The van der Waals surface area contributed by atoms with E-state index in [9.17, 15) is 0 Å². The Balaban J connectivity index is 1.02. The lowest BCUT2D eigenvalue weighted by atomic mass is 9.43. The van der Waals surface area contributed by atoms with E-state index in [4.69, 9.17) is 0 Å². The molecule has 0 saturated carbocycles. The number of nitrogens with zero attached hydrogens (tertiary/aromatic N) is 3. The zero-order chi connectivity index (χ0) is 62.3. The van der Waals surface area contributed by atoms with E-state index >= 15 is 0 Å². The minimum Gasteiger partial charge on any atom is -0.376 e. The molecule has 89 heavy (non-hydrogen) atoms. The van der Waals surface area contributed by atoms with Crippen LogP contribution in [-0.2, 0) is 37.9 Å². The number of hydrogen-bond donors (Lipinski definition) is 0. The second-order valence-corrected chi connectivity index (χ2v) is 32.6. The molecule has 5 aliphatic rings. The van der Waals surface area contributed by atoms with Gasteiger partial charge in [0.15, 0.2) is 0 Å². The summed E-state index contributed by atoms with van der Waals surface area (Å²) in [5, 5.41) is 2.74. The highest BCUT2D eigenvalue weighted by Crippen LogP contribution is 2.62. The third kappa shape index (κ3) is 7.71. The fourth-order valence-corrected chi connectivity index (χ4v) is 16.9. The van der Waals surface area contributed by atoms with Gasteiger partial charge in [-0.05, 0) is 206 Å². The Morgan fingerprint density at radius 1 is 0.371 bits per heavy atom. The van der Waals surface area contributed by atoms with Crippen LogP contribution in [0.1, 0.15) is 180 Å². The first kappa shape index (κ1) is 55.9. The van der Waals surface area contributed by atoms with Crippen LogP contribution in [0.3, 0.4) is 0 Å². The molecule has 2 aliphatic heterocycles. The highest BCUT2D eigenvalue weighted by atomic mass is 15.1. The summed E-state index contributed by atoms with van der Waals surface area (Å²) in [5.74, 6) is 0. The van der Waals surface area contributed by atoms with Gasteiger partial charge in [0.05, 0.1) is 11.0 Å². The standard InChI is InChI=1S/C85H84BN3/c1-79(2,3)49-27-34-53(35-28-49)87(54-36-29-50(30-37-54)80(4,5)6)56-40-41-58-60-45-63-71(48-68(60)84(15,16)66(58)44-56)89(55-38-31-51(32-39-55)81(7,8)9)86-69-47-67-61(57-23-19-21-25-64(57)83(67,13)14)46-72(69)88-70-42-33-52(82(10,11)12)43-62(70)75-76-73(74(63)77(86)78(75)88)59-24-20-22-26-65(59)85(76,17)18/h19-48H,1-18H3. The molecule has 0 bridgehead atoms. The van der Waals surface area contributed by atoms with Gasteiger partial charge in [-0.2, -0.15) is 0 Å². The van der Waals surface area contributed by atoms with Crippen molar-refractivity contribution in [2.45, 2.75) is 163 Å². The molecule has 4 heteroatoms. The van der Waals surface area contributed by atoms with E-state index < -0.39 is 0 Å². The summed E-state index contributed by atoms with van der Waals surface area (Å²) in [7, 11) is 0. The minimum atomic E-state index is -0.353. The molecule has 11 aromatic rings. The maximum atomic E-state index is 2.80. The zero-order valence-electron chi connectivity index (χ0n) is 55.7. The number of aromatic nitrogens is 1. The van der Waals surface area contributed by atoms with Gasteiger partial charge in [0.1, 0.15) is 0 Å². The molecular formula is C85H84BN3. The van der Waals surface area contributed by atoms with Crippen molar-refractivity contribution < 1.29 is 0 Å². The van der Waals surface area contributed by atoms with Crippen LogP contribution >= 0.6 is 0 Å². The van der Waals surface area contributed by atoms with Crippen LogP contribution in [0.2, 0.25) is 0 Å². The number of benzene rings is 10. The van der Waals surface area contributed by atoms with Crippen molar-refractivity contribution in [2.24, 2.45) is 0 Å². The van der Waals surface area contributed by atoms with E-state index in [1.807, 2.05) is 0 Å². The van der Waals surface area contributed by atoms with Crippen molar-refractivity contribution in [2.75, 3.05) is 9.71 Å². The Kier molecular flexibility index (Phi) is 11.3. The summed E-state index contributed by atoms with van der Waals surface area (Å²) >= 11 is 0. The molecule has 442 valence electrons. The van der Waals surface area contributed by atoms with Crippen molar-refractivity contribution in [3.8, 4) is 50.2 Å². The Morgan fingerprint density at radius 3 is 1.45 bits per heavy atom. The number of fused-ring (bicyclic) bond motifs is 19. The van der Waals surface area contributed by atoms with Gasteiger partial charge in [-0.25, -0.2) is 0 Å². The molecule has 0 N–H and O–H groups in total. The predicted octanol–water partition coefficient (Wildman–Crippen LogP) is 21.6. The lowest BCUT2D eigenvalue weighted by molar-refractivity contribution is 0.590. The largest absolute Gasteiger partial charge is 0.376 e. The van der Waals surface area contributed by atoms with Gasteiger partial charge >= 0.3 is 6.85 Å². The van der Waals surface area contributed by atoms with Crippen LogP contribution in [0.4, 0.5) is 28.4 Å². The monoisotopic (exact) mass is 1160 g/mol. The molecule has 0 radical (unpaired) electrons. The van der Waals surface area contributed by atoms with E-state index in [1.165, 1.54) is 150 Å². The van der Waals surface area contributed by atoms with Gasteiger partial charge in [0.2, 0.25) is 0 Å². The topological polar surface area (TPSA) is 11.4 Å². The van der Waals surface area contributed by atoms with Crippen LogP contribution in [-0.4, -0.2) is 11.4 Å². The van der Waals surface area contributed by atoms with Crippen LogP contribution < -0.4 is 20.6 Å². The Labute approximate surface area is 529 Å². The predicted molar refractivity (Wildman–Crippen MR) is 382 cm³/mol. The number of rotatable bonds is 4. The first-order valence-corrected chi connectivity index (χ1v) is 32.8. The van der Waals surface area contributed by atoms with Crippen LogP contribution in [0.15, 0.2) is 182 Å². The first-order chi connectivity index (χ1) is 42.0. The van der Waals surface area contributed by atoms with Gasteiger partial charge in [0.25, 0.3) is 0 Å². The maximum Gasteiger partial charge on any atom is 0.333 e. The average Bonchev–Trinajstić information content (AvgIpc) is 1.54. The third-order valence-corrected chi connectivity index (χ3v) is 22.0. The second-order valence-electron chi connectivity index (χ2n) is 32.6. The molecule has 10 aromatic carbocycles. The molecule has 0 unspecified atom stereocenters. The quantitative estimate of drug-likeness (QED) is 0.163. The molecule has 1 aromatic heterocycles. The molecule has 3 aliphatic carbocycles. The van der Waals surface area contributed by atoms with E-state index in [0.717, 1.165) is 17.1 Å². The van der Waals surface area contributed by atoms with Crippen molar-refractivity contribution in [3.63, 3.8) is 0 Å². The fourth-order valence-electron chi connectivity index (χ4n) is 16.9. The smallest absolute Gasteiger partial charge is 0.333 e. The van der Waals surface area contributed by atoms with Crippen molar-refractivity contribution in [1.82, 2.24) is 4.57 Å². The van der Waals surface area contributed by atoms with E-state index in [2.05, 4.69) is 321 Å².